The van der Waals surface area contributed by atoms with Gasteiger partial charge >= 0.3 is 12.0 Å². The molecule has 0 bridgehead atoms. The van der Waals surface area contributed by atoms with Gasteiger partial charge in [-0.25, -0.2) is 4.79 Å². The molecule has 2 amide bonds. The molecule has 1 N–H and O–H groups in total. The molecular weight excluding hydrogens is 248 g/mol. The largest absolute Gasteiger partial charge is 0.481 e. The van der Waals surface area contributed by atoms with Gasteiger partial charge in [-0.05, 0) is 19.3 Å². The summed E-state index contributed by atoms with van der Waals surface area (Å²) in [6, 6.07) is -0.0608. The molecule has 2 rings (SSSR count). The summed E-state index contributed by atoms with van der Waals surface area (Å²) in [5.74, 6) is -0.811. The number of ether oxygens (including phenoxy) is 1. The Morgan fingerprint density at radius 1 is 1.42 bits per heavy atom. The van der Waals surface area contributed by atoms with Gasteiger partial charge in [-0.15, -0.1) is 0 Å². The van der Waals surface area contributed by atoms with Crippen molar-refractivity contribution in [3.05, 3.63) is 0 Å². The molecule has 0 spiro atoms. The first-order chi connectivity index (χ1) is 9.08. The fourth-order valence-corrected chi connectivity index (χ4v) is 2.79. The summed E-state index contributed by atoms with van der Waals surface area (Å²) in [5.41, 5.74) is 0. The number of urea groups is 1. The van der Waals surface area contributed by atoms with E-state index in [1.807, 2.05) is 0 Å². The van der Waals surface area contributed by atoms with Crippen LogP contribution in [0.4, 0.5) is 4.79 Å². The summed E-state index contributed by atoms with van der Waals surface area (Å²) < 4.78 is 5.41. The molecule has 108 valence electrons. The lowest BCUT2D eigenvalue weighted by atomic mass is 10.0. The minimum atomic E-state index is -0.807. The molecule has 2 saturated heterocycles. The number of carboxylic acid groups (broad SMARTS) is 1. The topological polar surface area (TPSA) is 70.1 Å². The molecule has 19 heavy (non-hydrogen) atoms. The number of carbonyl (C=O) groups excluding carboxylic acids is 1. The van der Waals surface area contributed by atoms with Crippen LogP contribution < -0.4 is 0 Å². The first kappa shape index (κ1) is 14.1. The number of amides is 2. The Labute approximate surface area is 113 Å². The number of hydrogen-bond donors (Lipinski definition) is 1. The average Bonchev–Trinajstić information content (AvgIpc) is 2.88. The van der Waals surface area contributed by atoms with Crippen molar-refractivity contribution in [3.63, 3.8) is 0 Å². The Kier molecular flexibility index (Phi) is 4.63. The van der Waals surface area contributed by atoms with Gasteiger partial charge in [0.25, 0.3) is 0 Å². The predicted molar refractivity (Wildman–Crippen MR) is 68.9 cm³/mol. The van der Waals surface area contributed by atoms with Crippen molar-refractivity contribution in [2.45, 2.75) is 19.3 Å². The SMILES string of the molecule is CN(CC1CCCOC1)C(=O)N1CCC(C(=O)O)C1. The van der Waals surface area contributed by atoms with E-state index < -0.39 is 11.9 Å². The van der Waals surface area contributed by atoms with Crippen LogP contribution in [0.15, 0.2) is 0 Å². The van der Waals surface area contributed by atoms with E-state index >= 15 is 0 Å². The Morgan fingerprint density at radius 2 is 2.21 bits per heavy atom. The van der Waals surface area contributed by atoms with Crippen LogP contribution in [0.3, 0.4) is 0 Å². The molecule has 2 atom stereocenters. The summed E-state index contributed by atoms with van der Waals surface area (Å²) in [5, 5.41) is 8.94. The summed E-state index contributed by atoms with van der Waals surface area (Å²) in [6.45, 7) is 3.10. The average molecular weight is 270 g/mol. The third-order valence-corrected chi connectivity index (χ3v) is 3.92. The van der Waals surface area contributed by atoms with Gasteiger partial charge in [0, 0.05) is 39.2 Å². The summed E-state index contributed by atoms with van der Waals surface area (Å²) >= 11 is 0. The number of hydrogen-bond acceptors (Lipinski definition) is 3. The van der Waals surface area contributed by atoms with E-state index in [2.05, 4.69) is 0 Å². The van der Waals surface area contributed by atoms with E-state index in [9.17, 15) is 9.59 Å². The van der Waals surface area contributed by atoms with Gasteiger partial charge < -0.3 is 19.6 Å². The van der Waals surface area contributed by atoms with Crippen molar-refractivity contribution in [1.29, 1.82) is 0 Å². The lowest BCUT2D eigenvalue weighted by molar-refractivity contribution is -0.141. The fraction of sp³-hybridized carbons (Fsp3) is 0.846. The minimum Gasteiger partial charge on any atom is -0.481 e. The first-order valence-electron chi connectivity index (χ1n) is 6.88. The molecule has 6 nitrogen and oxygen atoms in total. The summed E-state index contributed by atoms with van der Waals surface area (Å²) in [7, 11) is 1.78. The highest BCUT2D eigenvalue weighted by Gasteiger charge is 2.32. The first-order valence-corrected chi connectivity index (χ1v) is 6.88. The third kappa shape index (κ3) is 3.59. The van der Waals surface area contributed by atoms with Gasteiger partial charge in [0.1, 0.15) is 0 Å². The normalized spacial score (nSPS) is 27.3. The number of carbonyl (C=O) groups is 2. The number of aliphatic carboxylic acids is 1. The zero-order valence-electron chi connectivity index (χ0n) is 11.4. The number of likely N-dealkylation sites (tertiary alicyclic amines) is 1. The molecule has 2 fully saturated rings. The van der Waals surface area contributed by atoms with Crippen molar-refractivity contribution < 1.29 is 19.4 Å². The number of nitrogens with zero attached hydrogens (tertiary/aromatic N) is 2. The van der Waals surface area contributed by atoms with Crippen molar-refractivity contribution in [3.8, 4) is 0 Å². The molecule has 0 radical (unpaired) electrons. The van der Waals surface area contributed by atoms with Crippen LogP contribution in [0.1, 0.15) is 19.3 Å². The lowest BCUT2D eigenvalue weighted by Gasteiger charge is -2.30. The molecule has 0 aliphatic carbocycles. The Balaban J connectivity index is 1.80. The van der Waals surface area contributed by atoms with Crippen LogP contribution >= 0.6 is 0 Å². The summed E-state index contributed by atoms with van der Waals surface area (Å²) in [6.07, 6.45) is 2.70. The number of rotatable bonds is 3. The molecule has 0 saturated carbocycles. The molecule has 0 aromatic heterocycles. The number of carboxylic acids is 1. The second-order valence-corrected chi connectivity index (χ2v) is 5.52. The van der Waals surface area contributed by atoms with E-state index in [0.717, 1.165) is 26.1 Å². The van der Waals surface area contributed by atoms with E-state index in [1.165, 1.54) is 0 Å². The molecule has 6 heteroatoms. The molecule has 2 aliphatic rings. The van der Waals surface area contributed by atoms with Crippen LogP contribution in [0, 0.1) is 11.8 Å². The van der Waals surface area contributed by atoms with E-state index in [4.69, 9.17) is 9.84 Å². The van der Waals surface area contributed by atoms with Crippen molar-refractivity contribution in [2.75, 3.05) is 39.9 Å². The maximum atomic E-state index is 12.2. The molecule has 2 unspecified atom stereocenters. The highest BCUT2D eigenvalue weighted by Crippen LogP contribution is 2.19. The van der Waals surface area contributed by atoms with Crippen LogP contribution in [-0.4, -0.2) is 66.8 Å². The second kappa shape index (κ2) is 6.23. The maximum absolute atomic E-state index is 12.2. The molecule has 2 aliphatic heterocycles. The van der Waals surface area contributed by atoms with Crippen molar-refractivity contribution in [2.24, 2.45) is 11.8 Å². The molecule has 0 aromatic carbocycles. The van der Waals surface area contributed by atoms with Crippen LogP contribution in [0.2, 0.25) is 0 Å². The highest BCUT2D eigenvalue weighted by atomic mass is 16.5. The zero-order valence-corrected chi connectivity index (χ0v) is 11.4. The summed E-state index contributed by atoms with van der Waals surface area (Å²) in [4.78, 5) is 26.4. The van der Waals surface area contributed by atoms with Crippen molar-refractivity contribution in [1.82, 2.24) is 9.80 Å². The van der Waals surface area contributed by atoms with Crippen LogP contribution in [-0.2, 0) is 9.53 Å². The Hall–Kier alpha value is -1.30. The van der Waals surface area contributed by atoms with E-state index in [0.29, 0.717) is 32.0 Å². The van der Waals surface area contributed by atoms with Gasteiger partial charge in [0.15, 0.2) is 0 Å². The van der Waals surface area contributed by atoms with Crippen LogP contribution in [0.25, 0.3) is 0 Å². The predicted octanol–water partition coefficient (Wildman–Crippen LogP) is 0.871. The second-order valence-electron chi connectivity index (χ2n) is 5.52. The highest BCUT2D eigenvalue weighted by molar-refractivity contribution is 5.77. The smallest absolute Gasteiger partial charge is 0.319 e. The van der Waals surface area contributed by atoms with Gasteiger partial charge in [0.2, 0.25) is 0 Å². The van der Waals surface area contributed by atoms with Gasteiger partial charge in [-0.2, -0.15) is 0 Å². The van der Waals surface area contributed by atoms with Gasteiger partial charge in [-0.1, -0.05) is 0 Å². The molecular formula is C13H22N2O4. The maximum Gasteiger partial charge on any atom is 0.319 e. The van der Waals surface area contributed by atoms with E-state index in [-0.39, 0.29) is 6.03 Å². The Morgan fingerprint density at radius 3 is 2.79 bits per heavy atom. The quantitative estimate of drug-likeness (QED) is 0.826. The fourth-order valence-electron chi connectivity index (χ4n) is 2.79. The molecule has 2 heterocycles. The standard InChI is InChI=1S/C13H22N2O4/c1-14(7-10-3-2-6-19-9-10)13(18)15-5-4-11(8-15)12(16)17/h10-11H,2-9H2,1H3,(H,16,17). The minimum absolute atomic E-state index is 0.0608. The van der Waals surface area contributed by atoms with Gasteiger partial charge in [-0.3, -0.25) is 4.79 Å². The monoisotopic (exact) mass is 270 g/mol. The molecule has 0 aromatic rings. The Bertz CT molecular complexity index is 342. The van der Waals surface area contributed by atoms with E-state index in [1.54, 1.807) is 16.8 Å². The van der Waals surface area contributed by atoms with Crippen LogP contribution in [0.5, 0.6) is 0 Å². The lowest BCUT2D eigenvalue weighted by Crippen LogP contribution is -2.43. The van der Waals surface area contributed by atoms with Crippen molar-refractivity contribution >= 4 is 12.0 Å². The zero-order chi connectivity index (χ0) is 13.8. The van der Waals surface area contributed by atoms with Gasteiger partial charge in [0.05, 0.1) is 12.5 Å². The third-order valence-electron chi connectivity index (χ3n) is 3.92.